The van der Waals surface area contributed by atoms with Crippen molar-refractivity contribution in [2.75, 3.05) is 6.61 Å². The molecule has 0 heterocycles. The van der Waals surface area contributed by atoms with Gasteiger partial charge in [0.25, 0.3) is 0 Å². The fourth-order valence-electron chi connectivity index (χ4n) is 4.27. The van der Waals surface area contributed by atoms with Gasteiger partial charge >= 0.3 is 5.97 Å². The molecular weight excluding hydrogens is 440 g/mol. The van der Waals surface area contributed by atoms with Crippen LogP contribution in [0.3, 0.4) is 0 Å². The maximum atomic E-state index is 12.0. The van der Waals surface area contributed by atoms with E-state index in [-0.39, 0.29) is 5.97 Å². The molecule has 0 unspecified atom stereocenters. The number of esters is 1. The SMILES string of the molecule is CCCCCCCCCCCCCC(=O)OC/C=C(\C)CCC=C(C)CC/C=C(\C)CCC=C(C)C. The minimum Gasteiger partial charge on any atom is -0.461 e. The molecule has 208 valence electrons. The number of carbonyl (C=O) groups is 1. The second-order valence-corrected chi connectivity index (χ2v) is 11.0. The van der Waals surface area contributed by atoms with Gasteiger partial charge in [-0.3, -0.25) is 4.79 Å². The largest absolute Gasteiger partial charge is 0.461 e. The van der Waals surface area contributed by atoms with Crippen LogP contribution in [0.4, 0.5) is 0 Å². The topological polar surface area (TPSA) is 26.3 Å². The predicted molar refractivity (Wildman–Crippen MR) is 160 cm³/mol. The lowest BCUT2D eigenvalue weighted by Gasteiger charge is -2.05. The third kappa shape index (κ3) is 25.5. The highest BCUT2D eigenvalue weighted by molar-refractivity contribution is 5.69. The lowest BCUT2D eigenvalue weighted by Crippen LogP contribution is -2.04. The van der Waals surface area contributed by atoms with E-state index in [0.717, 1.165) is 44.9 Å². The van der Waals surface area contributed by atoms with E-state index in [0.29, 0.717) is 13.0 Å². The molecule has 0 rings (SSSR count). The second kappa shape index (κ2) is 25.1. The fraction of sp³-hybridized carbons (Fsp3) is 0.735. The van der Waals surface area contributed by atoms with Crippen LogP contribution < -0.4 is 0 Å². The van der Waals surface area contributed by atoms with E-state index < -0.39 is 0 Å². The molecule has 0 radical (unpaired) electrons. The number of hydrogen-bond donors (Lipinski definition) is 0. The molecule has 0 aromatic heterocycles. The van der Waals surface area contributed by atoms with Gasteiger partial charge in [-0.2, -0.15) is 0 Å². The van der Waals surface area contributed by atoms with Crippen molar-refractivity contribution in [2.24, 2.45) is 0 Å². The molecule has 2 heteroatoms. The Labute approximate surface area is 225 Å². The van der Waals surface area contributed by atoms with E-state index in [1.165, 1.54) is 86.5 Å². The van der Waals surface area contributed by atoms with Gasteiger partial charge < -0.3 is 4.74 Å². The van der Waals surface area contributed by atoms with Crippen LogP contribution in [-0.4, -0.2) is 12.6 Å². The van der Waals surface area contributed by atoms with Crippen LogP contribution >= 0.6 is 0 Å². The van der Waals surface area contributed by atoms with E-state index in [1.807, 2.05) is 0 Å². The molecule has 0 spiro atoms. The highest BCUT2D eigenvalue weighted by Gasteiger charge is 2.02. The molecule has 0 atom stereocenters. The van der Waals surface area contributed by atoms with Crippen molar-refractivity contribution in [3.05, 3.63) is 46.6 Å². The van der Waals surface area contributed by atoms with Crippen molar-refractivity contribution in [1.29, 1.82) is 0 Å². The standard InChI is InChI=1S/C34H60O2/c1-7-8-9-10-11-12-13-14-15-16-17-27-34(35)36-29-28-33(6)26-20-25-32(5)24-19-23-31(4)22-18-21-30(2)3/h21,23,25,28H,7-20,22,24,26-27,29H2,1-6H3/b31-23+,32-25?,33-28+. The van der Waals surface area contributed by atoms with E-state index in [4.69, 9.17) is 4.74 Å². The first-order chi connectivity index (χ1) is 17.3. The zero-order valence-corrected chi connectivity index (χ0v) is 25.1. The van der Waals surface area contributed by atoms with Gasteiger partial charge in [0, 0.05) is 6.42 Å². The van der Waals surface area contributed by atoms with Crippen molar-refractivity contribution in [3.8, 4) is 0 Å². The molecule has 0 aliphatic carbocycles. The monoisotopic (exact) mass is 500 g/mol. The van der Waals surface area contributed by atoms with E-state index in [1.54, 1.807) is 0 Å². The number of carbonyl (C=O) groups excluding carboxylic acids is 1. The van der Waals surface area contributed by atoms with E-state index >= 15 is 0 Å². The van der Waals surface area contributed by atoms with Crippen molar-refractivity contribution in [3.63, 3.8) is 0 Å². The minimum atomic E-state index is -0.0464. The van der Waals surface area contributed by atoms with Gasteiger partial charge in [0.05, 0.1) is 0 Å². The molecule has 0 aromatic rings. The van der Waals surface area contributed by atoms with Crippen molar-refractivity contribution < 1.29 is 9.53 Å². The fourth-order valence-corrected chi connectivity index (χ4v) is 4.27. The Kier molecular flexibility index (Phi) is 24.0. The summed E-state index contributed by atoms with van der Waals surface area (Å²) in [6, 6.07) is 0. The van der Waals surface area contributed by atoms with Crippen LogP contribution in [-0.2, 0) is 9.53 Å². The first-order valence-corrected chi connectivity index (χ1v) is 15.1. The second-order valence-electron chi connectivity index (χ2n) is 11.0. The smallest absolute Gasteiger partial charge is 0.306 e. The Morgan fingerprint density at radius 1 is 0.528 bits per heavy atom. The summed E-state index contributed by atoms with van der Waals surface area (Å²) in [5.74, 6) is -0.0464. The van der Waals surface area contributed by atoms with Crippen LogP contribution in [0, 0.1) is 0 Å². The molecule has 0 amide bonds. The Morgan fingerprint density at radius 3 is 1.42 bits per heavy atom. The summed E-state index contributed by atoms with van der Waals surface area (Å²) in [4.78, 5) is 12.0. The number of unbranched alkanes of at least 4 members (excludes halogenated alkanes) is 10. The highest BCUT2D eigenvalue weighted by Crippen LogP contribution is 2.14. The number of rotatable bonds is 23. The Bertz CT molecular complexity index is 659. The third-order valence-corrected chi connectivity index (χ3v) is 6.81. The summed E-state index contributed by atoms with van der Waals surface area (Å²) in [6.45, 7) is 13.6. The maximum Gasteiger partial charge on any atom is 0.306 e. The zero-order valence-electron chi connectivity index (χ0n) is 25.1. The zero-order chi connectivity index (χ0) is 26.9. The summed E-state index contributed by atoms with van der Waals surface area (Å²) in [7, 11) is 0. The summed E-state index contributed by atoms with van der Waals surface area (Å²) >= 11 is 0. The van der Waals surface area contributed by atoms with Crippen molar-refractivity contribution in [2.45, 2.75) is 157 Å². The van der Waals surface area contributed by atoms with Gasteiger partial charge in [-0.15, -0.1) is 0 Å². The molecule has 36 heavy (non-hydrogen) atoms. The van der Waals surface area contributed by atoms with Gasteiger partial charge in [0.2, 0.25) is 0 Å². The van der Waals surface area contributed by atoms with Gasteiger partial charge in [-0.05, 0) is 85.6 Å². The molecular formula is C34H60O2. The molecule has 0 aromatic carbocycles. The van der Waals surface area contributed by atoms with Crippen LogP contribution in [0.25, 0.3) is 0 Å². The molecule has 2 nitrogen and oxygen atoms in total. The highest BCUT2D eigenvalue weighted by atomic mass is 16.5. The number of hydrogen-bond acceptors (Lipinski definition) is 2. The molecule has 0 aliphatic heterocycles. The van der Waals surface area contributed by atoms with Gasteiger partial charge in [-0.25, -0.2) is 0 Å². The van der Waals surface area contributed by atoms with Crippen LogP contribution in [0.5, 0.6) is 0 Å². The Morgan fingerprint density at radius 2 is 0.944 bits per heavy atom. The molecule has 0 bridgehead atoms. The van der Waals surface area contributed by atoms with Gasteiger partial charge in [-0.1, -0.05) is 112 Å². The normalized spacial score (nSPS) is 12.7. The van der Waals surface area contributed by atoms with Crippen LogP contribution in [0.2, 0.25) is 0 Å². The van der Waals surface area contributed by atoms with E-state index in [2.05, 4.69) is 65.8 Å². The Balaban J connectivity index is 3.76. The first-order valence-electron chi connectivity index (χ1n) is 15.1. The molecule has 0 saturated carbocycles. The summed E-state index contributed by atoms with van der Waals surface area (Å²) in [6.07, 6.45) is 30.7. The summed E-state index contributed by atoms with van der Waals surface area (Å²) in [5, 5.41) is 0. The van der Waals surface area contributed by atoms with Crippen molar-refractivity contribution >= 4 is 5.97 Å². The number of ether oxygens (including phenoxy) is 1. The summed E-state index contributed by atoms with van der Waals surface area (Å²) in [5.41, 5.74) is 5.67. The van der Waals surface area contributed by atoms with E-state index in [9.17, 15) is 4.79 Å². The average Bonchev–Trinajstić information content (AvgIpc) is 2.82. The average molecular weight is 501 g/mol. The quantitative estimate of drug-likeness (QED) is 0.0792. The molecule has 0 saturated heterocycles. The molecule has 0 aliphatic rings. The third-order valence-electron chi connectivity index (χ3n) is 6.81. The van der Waals surface area contributed by atoms with Crippen LogP contribution in [0.1, 0.15) is 157 Å². The van der Waals surface area contributed by atoms with Gasteiger partial charge in [0.1, 0.15) is 6.61 Å². The molecule has 0 N–H and O–H groups in total. The van der Waals surface area contributed by atoms with Gasteiger partial charge in [0.15, 0.2) is 0 Å². The maximum absolute atomic E-state index is 12.0. The van der Waals surface area contributed by atoms with Crippen molar-refractivity contribution in [1.82, 2.24) is 0 Å². The van der Waals surface area contributed by atoms with Crippen LogP contribution in [0.15, 0.2) is 46.6 Å². The Hall–Kier alpha value is -1.57. The lowest BCUT2D eigenvalue weighted by atomic mass is 10.0. The minimum absolute atomic E-state index is 0.0464. The first kappa shape index (κ1) is 34.4. The predicted octanol–water partition coefficient (Wildman–Crippen LogP) is 11.4. The summed E-state index contributed by atoms with van der Waals surface area (Å²) < 4.78 is 5.41. The lowest BCUT2D eigenvalue weighted by molar-refractivity contribution is -0.142. The number of allylic oxidation sites excluding steroid dienone is 7. The molecule has 0 fully saturated rings.